The van der Waals surface area contributed by atoms with Crippen LogP contribution in [0.25, 0.3) is 0 Å². The van der Waals surface area contributed by atoms with E-state index in [0.717, 1.165) is 0 Å². The van der Waals surface area contributed by atoms with E-state index in [4.69, 9.17) is 14.2 Å². The Morgan fingerprint density at radius 3 is 2.54 bits per heavy atom. The van der Waals surface area contributed by atoms with E-state index in [-0.39, 0.29) is 12.4 Å². The molecule has 0 spiro atoms. The minimum absolute atomic E-state index is 0.0344. The molecule has 9 heteroatoms. The first-order chi connectivity index (χ1) is 12.5. The van der Waals surface area contributed by atoms with E-state index in [9.17, 15) is 14.4 Å². The molecule has 0 fully saturated rings. The van der Waals surface area contributed by atoms with Gasteiger partial charge in [-0.15, -0.1) is 11.3 Å². The topological polar surface area (TPSA) is 104 Å². The van der Waals surface area contributed by atoms with E-state index in [1.54, 1.807) is 36.6 Å². The summed E-state index contributed by atoms with van der Waals surface area (Å²) in [6.07, 6.45) is 0.0344. The molecule has 0 aliphatic rings. The van der Waals surface area contributed by atoms with Crippen LogP contribution < -0.4 is 10.1 Å². The summed E-state index contributed by atoms with van der Waals surface area (Å²) in [5.41, 5.74) is 0.809. The first-order valence-corrected chi connectivity index (χ1v) is 8.60. The fourth-order valence-corrected chi connectivity index (χ4v) is 2.63. The van der Waals surface area contributed by atoms with Crippen LogP contribution in [0, 0.1) is 0 Å². The Hall–Kier alpha value is -2.94. The summed E-state index contributed by atoms with van der Waals surface area (Å²) in [6, 6.07) is 6.33. The van der Waals surface area contributed by atoms with Gasteiger partial charge in [0, 0.05) is 5.38 Å². The van der Waals surface area contributed by atoms with Crippen LogP contribution in [0.2, 0.25) is 0 Å². The second-order valence-electron chi connectivity index (χ2n) is 4.98. The van der Waals surface area contributed by atoms with Gasteiger partial charge in [-0.3, -0.25) is 14.9 Å². The Morgan fingerprint density at radius 1 is 1.15 bits per heavy atom. The van der Waals surface area contributed by atoms with E-state index >= 15 is 0 Å². The van der Waals surface area contributed by atoms with E-state index in [2.05, 4.69) is 10.3 Å². The van der Waals surface area contributed by atoms with Crippen molar-refractivity contribution in [2.24, 2.45) is 0 Å². The summed E-state index contributed by atoms with van der Waals surface area (Å²) >= 11 is 1.17. The van der Waals surface area contributed by atoms with Crippen LogP contribution in [-0.2, 0) is 25.5 Å². The van der Waals surface area contributed by atoms with Crippen molar-refractivity contribution in [2.75, 3.05) is 25.6 Å². The third kappa shape index (κ3) is 5.85. The van der Waals surface area contributed by atoms with E-state index < -0.39 is 18.5 Å². The van der Waals surface area contributed by atoms with Gasteiger partial charge < -0.3 is 14.2 Å². The maximum absolute atomic E-state index is 11.9. The van der Waals surface area contributed by atoms with Gasteiger partial charge in [0.1, 0.15) is 5.75 Å². The number of rotatable bonds is 8. The number of carbonyl (C=O) groups is 3. The van der Waals surface area contributed by atoms with Gasteiger partial charge in [0.25, 0.3) is 5.91 Å². The molecular formula is C17H18N2O6S. The van der Waals surface area contributed by atoms with Crippen molar-refractivity contribution in [3.63, 3.8) is 0 Å². The van der Waals surface area contributed by atoms with Gasteiger partial charge in [-0.1, -0.05) is 0 Å². The third-order valence-electron chi connectivity index (χ3n) is 3.09. The molecule has 0 aliphatic carbocycles. The van der Waals surface area contributed by atoms with Crippen molar-refractivity contribution >= 4 is 34.3 Å². The molecule has 138 valence electrons. The average molecular weight is 378 g/mol. The number of aromatic nitrogens is 1. The van der Waals surface area contributed by atoms with Crippen LogP contribution in [0.3, 0.4) is 0 Å². The molecule has 1 N–H and O–H groups in total. The molecule has 26 heavy (non-hydrogen) atoms. The van der Waals surface area contributed by atoms with Crippen LogP contribution in [0.4, 0.5) is 5.13 Å². The van der Waals surface area contributed by atoms with Crippen LogP contribution in [0.5, 0.6) is 5.75 Å². The molecule has 2 aromatic rings. The highest BCUT2D eigenvalue weighted by atomic mass is 32.1. The van der Waals surface area contributed by atoms with Gasteiger partial charge in [0.2, 0.25) is 0 Å². The van der Waals surface area contributed by atoms with E-state index in [1.807, 2.05) is 0 Å². The molecule has 1 amide bonds. The normalized spacial score (nSPS) is 10.1. The maximum Gasteiger partial charge on any atom is 0.338 e. The number of nitrogens with zero attached hydrogens (tertiary/aromatic N) is 1. The maximum atomic E-state index is 11.9. The molecule has 0 saturated heterocycles. The Morgan fingerprint density at radius 2 is 1.88 bits per heavy atom. The SMILES string of the molecule is CCOC(=O)Cc1csc(NC(=O)COC(=O)c2ccc(OC)cc2)n1. The summed E-state index contributed by atoms with van der Waals surface area (Å²) in [5.74, 6) is -0.917. The lowest BCUT2D eigenvalue weighted by Gasteiger charge is -2.05. The molecular weight excluding hydrogens is 360 g/mol. The molecule has 8 nitrogen and oxygen atoms in total. The summed E-state index contributed by atoms with van der Waals surface area (Å²) in [7, 11) is 1.52. The van der Waals surface area contributed by atoms with Gasteiger partial charge in [0.05, 0.1) is 31.4 Å². The van der Waals surface area contributed by atoms with Crippen molar-refractivity contribution in [2.45, 2.75) is 13.3 Å². The third-order valence-corrected chi connectivity index (χ3v) is 3.90. The molecule has 0 aliphatic heterocycles. The minimum atomic E-state index is -0.620. The number of nitrogens with one attached hydrogen (secondary N) is 1. The Kier molecular flexibility index (Phi) is 7.10. The molecule has 0 unspecified atom stereocenters. The zero-order valence-electron chi connectivity index (χ0n) is 14.3. The summed E-state index contributed by atoms with van der Waals surface area (Å²) in [5, 5.41) is 4.48. The van der Waals surface area contributed by atoms with E-state index in [0.29, 0.717) is 28.7 Å². The molecule has 0 bridgehead atoms. The Labute approximate surface area is 154 Å². The van der Waals surface area contributed by atoms with Gasteiger partial charge in [-0.25, -0.2) is 9.78 Å². The number of anilines is 1. The lowest BCUT2D eigenvalue weighted by atomic mass is 10.2. The standard InChI is InChI=1S/C17H18N2O6S/c1-3-24-15(21)8-12-10-26-17(18-12)19-14(20)9-25-16(22)11-4-6-13(23-2)7-5-11/h4-7,10H,3,8-9H2,1-2H3,(H,18,19,20). The van der Waals surface area contributed by atoms with Crippen LogP contribution in [0.1, 0.15) is 23.0 Å². The first-order valence-electron chi connectivity index (χ1n) is 7.73. The van der Waals surface area contributed by atoms with Crippen molar-refractivity contribution in [3.8, 4) is 5.75 Å². The second kappa shape index (κ2) is 9.52. The van der Waals surface area contributed by atoms with Gasteiger partial charge in [-0.05, 0) is 31.2 Å². The van der Waals surface area contributed by atoms with Crippen LogP contribution in [0.15, 0.2) is 29.6 Å². The smallest absolute Gasteiger partial charge is 0.338 e. The Bertz CT molecular complexity index is 772. The van der Waals surface area contributed by atoms with Crippen molar-refractivity contribution < 1.29 is 28.6 Å². The van der Waals surface area contributed by atoms with E-state index in [1.165, 1.54) is 18.4 Å². The number of carbonyl (C=O) groups excluding carboxylic acids is 3. The van der Waals surface area contributed by atoms with Crippen molar-refractivity contribution in [1.29, 1.82) is 0 Å². The summed E-state index contributed by atoms with van der Waals surface area (Å²) in [4.78, 5) is 39.2. The predicted molar refractivity (Wildman–Crippen MR) is 94.4 cm³/mol. The number of methoxy groups -OCH3 is 1. The van der Waals surface area contributed by atoms with Crippen LogP contribution in [-0.4, -0.2) is 43.2 Å². The fourth-order valence-electron chi connectivity index (χ4n) is 1.90. The van der Waals surface area contributed by atoms with Crippen LogP contribution >= 0.6 is 11.3 Å². The average Bonchev–Trinajstić information content (AvgIpc) is 3.06. The zero-order valence-corrected chi connectivity index (χ0v) is 15.1. The zero-order chi connectivity index (χ0) is 18.9. The number of esters is 2. The number of ether oxygens (including phenoxy) is 3. The number of hydrogen-bond donors (Lipinski definition) is 1. The van der Waals surface area contributed by atoms with Crippen molar-refractivity contribution in [3.05, 3.63) is 40.9 Å². The van der Waals surface area contributed by atoms with Gasteiger partial charge >= 0.3 is 11.9 Å². The number of amides is 1. The molecule has 1 aromatic heterocycles. The largest absolute Gasteiger partial charge is 0.497 e. The molecule has 0 radical (unpaired) electrons. The second-order valence-corrected chi connectivity index (χ2v) is 5.84. The highest BCUT2D eigenvalue weighted by molar-refractivity contribution is 7.13. The molecule has 1 heterocycles. The number of hydrogen-bond acceptors (Lipinski definition) is 8. The van der Waals surface area contributed by atoms with Gasteiger partial charge in [-0.2, -0.15) is 0 Å². The number of thiazole rings is 1. The fraction of sp³-hybridized carbons (Fsp3) is 0.294. The molecule has 0 saturated carbocycles. The monoisotopic (exact) mass is 378 g/mol. The highest BCUT2D eigenvalue weighted by Gasteiger charge is 2.13. The first kappa shape index (κ1) is 19.4. The molecule has 1 aromatic carbocycles. The Balaban J connectivity index is 1.80. The molecule has 2 rings (SSSR count). The highest BCUT2D eigenvalue weighted by Crippen LogP contribution is 2.16. The lowest BCUT2D eigenvalue weighted by Crippen LogP contribution is -2.21. The summed E-state index contributed by atoms with van der Waals surface area (Å²) < 4.78 is 14.8. The lowest BCUT2D eigenvalue weighted by molar-refractivity contribution is -0.142. The number of benzene rings is 1. The predicted octanol–water partition coefficient (Wildman–Crippen LogP) is 2.05. The summed E-state index contributed by atoms with van der Waals surface area (Å²) in [6.45, 7) is 1.57. The van der Waals surface area contributed by atoms with Gasteiger partial charge in [0.15, 0.2) is 11.7 Å². The quantitative estimate of drug-likeness (QED) is 0.701. The minimum Gasteiger partial charge on any atom is -0.497 e. The van der Waals surface area contributed by atoms with Crippen molar-refractivity contribution in [1.82, 2.24) is 4.98 Å². The molecule has 0 atom stereocenters.